The van der Waals surface area contributed by atoms with Crippen LogP contribution in [0.3, 0.4) is 0 Å². The predicted molar refractivity (Wildman–Crippen MR) is 90.8 cm³/mol. The summed E-state index contributed by atoms with van der Waals surface area (Å²) in [7, 11) is 0. The fourth-order valence-electron chi connectivity index (χ4n) is 2.24. The average Bonchev–Trinajstić information content (AvgIpc) is 2.44. The van der Waals surface area contributed by atoms with Crippen molar-refractivity contribution in [3.63, 3.8) is 0 Å². The monoisotopic (exact) mass is 339 g/mol. The second kappa shape index (κ2) is 16.3. The van der Waals surface area contributed by atoms with E-state index in [4.69, 9.17) is 10.2 Å². The Morgan fingerprint density at radius 1 is 0.870 bits per heavy atom. The fourth-order valence-corrected chi connectivity index (χ4v) is 2.24. The van der Waals surface area contributed by atoms with Crippen LogP contribution in [0.5, 0.6) is 0 Å². The van der Waals surface area contributed by atoms with Gasteiger partial charge in [-0.05, 0) is 6.42 Å². The van der Waals surface area contributed by atoms with E-state index in [1.165, 1.54) is 38.5 Å². The Morgan fingerprint density at radius 3 is 1.78 bits per heavy atom. The predicted octanol–water partition coefficient (Wildman–Crippen LogP) is 2.30. The Bertz CT molecular complexity index is 349. The minimum atomic E-state index is -1.34. The number of nitrogens with one attached hydrogen (secondary N) is 1. The number of carboxylic acid groups (broad SMARTS) is 2. The van der Waals surface area contributed by atoms with Crippen LogP contribution in [-0.4, -0.2) is 63.7 Å². The standard InChI is InChI=1S/C16H29NO5.Na.H/c1-2-3-4-5-6-7-8-9-10-11-14(18)17-13(16(21)22)12-15(19)20;;/h13H,2-12H2,1H3,(H,17,18)(H,19,20)(H,21,22);;. The van der Waals surface area contributed by atoms with E-state index in [1.807, 2.05) is 0 Å². The van der Waals surface area contributed by atoms with Gasteiger partial charge in [0.25, 0.3) is 0 Å². The molecular weight excluding hydrogens is 309 g/mol. The van der Waals surface area contributed by atoms with Gasteiger partial charge < -0.3 is 15.5 Å². The zero-order chi connectivity index (χ0) is 16.8. The molecule has 3 N–H and O–H groups in total. The topological polar surface area (TPSA) is 104 Å². The van der Waals surface area contributed by atoms with Gasteiger partial charge in [-0.3, -0.25) is 9.59 Å². The van der Waals surface area contributed by atoms with Crippen LogP contribution in [0.2, 0.25) is 0 Å². The molecule has 1 amide bonds. The molecule has 1 unspecified atom stereocenters. The first-order valence-electron chi connectivity index (χ1n) is 8.21. The quantitative estimate of drug-likeness (QED) is 0.333. The third-order valence-corrected chi connectivity index (χ3v) is 3.52. The summed E-state index contributed by atoms with van der Waals surface area (Å²) in [6, 6.07) is -1.34. The number of carbonyl (C=O) groups is 3. The number of carboxylic acids is 2. The number of carbonyl (C=O) groups excluding carboxylic acids is 1. The van der Waals surface area contributed by atoms with Crippen molar-refractivity contribution in [2.75, 3.05) is 0 Å². The molecule has 0 aliphatic heterocycles. The maximum atomic E-state index is 11.6. The van der Waals surface area contributed by atoms with Gasteiger partial charge >= 0.3 is 41.5 Å². The first kappa shape index (κ1) is 24.7. The summed E-state index contributed by atoms with van der Waals surface area (Å²) < 4.78 is 0. The summed E-state index contributed by atoms with van der Waals surface area (Å²) in [6.07, 6.45) is 9.87. The van der Waals surface area contributed by atoms with Crippen molar-refractivity contribution in [2.24, 2.45) is 0 Å². The Kier molecular flexibility index (Phi) is 17.4. The second-order valence-electron chi connectivity index (χ2n) is 5.63. The molecule has 0 aromatic carbocycles. The zero-order valence-electron chi connectivity index (χ0n) is 13.5. The molecular formula is C16H30NNaO5. The number of unbranched alkanes of at least 4 members (excludes halogenated alkanes) is 8. The van der Waals surface area contributed by atoms with E-state index in [-0.39, 0.29) is 36.0 Å². The van der Waals surface area contributed by atoms with Gasteiger partial charge in [0.1, 0.15) is 6.04 Å². The summed E-state index contributed by atoms with van der Waals surface area (Å²) >= 11 is 0. The van der Waals surface area contributed by atoms with Crippen LogP contribution >= 0.6 is 0 Å². The number of rotatable bonds is 14. The molecule has 130 valence electrons. The first-order valence-corrected chi connectivity index (χ1v) is 8.21. The van der Waals surface area contributed by atoms with Gasteiger partial charge in [0.2, 0.25) is 5.91 Å². The van der Waals surface area contributed by atoms with Crippen molar-refractivity contribution in [1.82, 2.24) is 5.32 Å². The molecule has 0 bridgehead atoms. The van der Waals surface area contributed by atoms with Gasteiger partial charge in [0.05, 0.1) is 6.42 Å². The molecule has 0 fully saturated rings. The minimum absolute atomic E-state index is 0. The molecule has 6 nitrogen and oxygen atoms in total. The molecule has 1 atom stereocenters. The molecule has 0 aromatic heterocycles. The number of amides is 1. The van der Waals surface area contributed by atoms with Gasteiger partial charge in [-0.1, -0.05) is 58.3 Å². The van der Waals surface area contributed by atoms with Crippen molar-refractivity contribution in [1.29, 1.82) is 0 Å². The van der Waals surface area contributed by atoms with Crippen LogP contribution in [0.25, 0.3) is 0 Å². The van der Waals surface area contributed by atoms with Crippen molar-refractivity contribution in [3.05, 3.63) is 0 Å². The third kappa shape index (κ3) is 16.1. The van der Waals surface area contributed by atoms with Crippen LogP contribution in [0, 0.1) is 0 Å². The van der Waals surface area contributed by atoms with Gasteiger partial charge in [0, 0.05) is 6.42 Å². The van der Waals surface area contributed by atoms with Gasteiger partial charge in [-0.25, -0.2) is 4.79 Å². The van der Waals surface area contributed by atoms with Crippen molar-refractivity contribution >= 4 is 47.4 Å². The number of hydrogen-bond acceptors (Lipinski definition) is 3. The summed E-state index contributed by atoms with van der Waals surface area (Å²) in [6.45, 7) is 2.19. The average molecular weight is 339 g/mol. The molecule has 0 radical (unpaired) electrons. The van der Waals surface area contributed by atoms with E-state index in [1.54, 1.807) is 0 Å². The SMILES string of the molecule is CCCCCCCCCCCC(=O)NC(CC(=O)O)C(=O)O.[NaH]. The molecule has 0 aromatic rings. The molecule has 0 aliphatic rings. The Labute approximate surface area is 160 Å². The molecule has 0 saturated heterocycles. The Hall–Kier alpha value is -0.590. The van der Waals surface area contributed by atoms with Crippen LogP contribution in [-0.2, 0) is 14.4 Å². The van der Waals surface area contributed by atoms with Gasteiger partial charge in [-0.15, -0.1) is 0 Å². The molecule has 0 aliphatic carbocycles. The summed E-state index contributed by atoms with van der Waals surface area (Å²) in [5, 5.41) is 19.7. The molecule has 0 saturated carbocycles. The Morgan fingerprint density at radius 2 is 1.35 bits per heavy atom. The van der Waals surface area contributed by atoms with E-state index < -0.39 is 30.3 Å². The molecule has 0 rings (SSSR count). The fraction of sp³-hybridized carbons (Fsp3) is 0.812. The number of aliphatic carboxylic acids is 2. The van der Waals surface area contributed by atoms with E-state index >= 15 is 0 Å². The maximum absolute atomic E-state index is 11.6. The number of hydrogen-bond donors (Lipinski definition) is 3. The summed E-state index contributed by atoms with van der Waals surface area (Å²) in [4.78, 5) is 32.9. The summed E-state index contributed by atoms with van der Waals surface area (Å²) in [5.41, 5.74) is 0. The second-order valence-corrected chi connectivity index (χ2v) is 5.63. The van der Waals surface area contributed by atoms with Gasteiger partial charge in [-0.2, -0.15) is 0 Å². The van der Waals surface area contributed by atoms with Crippen LogP contribution in [0.1, 0.15) is 77.6 Å². The van der Waals surface area contributed by atoms with Crippen LogP contribution in [0.4, 0.5) is 0 Å². The summed E-state index contributed by atoms with van der Waals surface area (Å²) in [5.74, 6) is -2.95. The zero-order valence-corrected chi connectivity index (χ0v) is 13.5. The van der Waals surface area contributed by atoms with E-state index in [0.717, 1.165) is 12.8 Å². The van der Waals surface area contributed by atoms with Crippen molar-refractivity contribution < 1.29 is 24.6 Å². The van der Waals surface area contributed by atoms with Crippen molar-refractivity contribution in [3.8, 4) is 0 Å². The Balaban J connectivity index is 0. The molecule has 0 spiro atoms. The van der Waals surface area contributed by atoms with Crippen molar-refractivity contribution in [2.45, 2.75) is 83.6 Å². The molecule has 23 heavy (non-hydrogen) atoms. The molecule has 7 heteroatoms. The third-order valence-electron chi connectivity index (χ3n) is 3.52. The molecule has 0 heterocycles. The first-order chi connectivity index (χ1) is 10.5. The normalized spacial score (nSPS) is 11.3. The van der Waals surface area contributed by atoms with E-state index in [9.17, 15) is 14.4 Å². The van der Waals surface area contributed by atoms with Gasteiger partial charge in [0.15, 0.2) is 0 Å². The van der Waals surface area contributed by atoms with E-state index in [2.05, 4.69) is 12.2 Å². The van der Waals surface area contributed by atoms with E-state index in [0.29, 0.717) is 6.42 Å². The van der Waals surface area contributed by atoms with Crippen LogP contribution < -0.4 is 5.32 Å². The van der Waals surface area contributed by atoms with Crippen LogP contribution in [0.15, 0.2) is 0 Å².